The highest BCUT2D eigenvalue weighted by molar-refractivity contribution is 6.38. The van der Waals surface area contributed by atoms with E-state index in [0.29, 0.717) is 31.7 Å². The first kappa shape index (κ1) is 26.8. The molecule has 4 amide bonds. The van der Waals surface area contributed by atoms with E-state index < -0.39 is 41.1 Å². The summed E-state index contributed by atoms with van der Waals surface area (Å²) in [6.45, 7) is 9.55. The highest BCUT2D eigenvalue weighted by atomic mass is 16.2. The molecule has 186 valence electrons. The average Bonchev–Trinajstić information content (AvgIpc) is 3.39. The third kappa shape index (κ3) is 7.01. The first-order chi connectivity index (χ1) is 15.2. The minimum Gasteiger partial charge on any atom is -0.344 e. The number of likely N-dealkylation sites (N-methyl/N-ethyl adjacent to an activating group) is 1. The molecule has 1 saturated heterocycles. The van der Waals surface area contributed by atoms with Gasteiger partial charge in [0.15, 0.2) is 0 Å². The molecule has 1 aliphatic heterocycles. The number of likely N-dealkylation sites (tertiary alicyclic amines) is 1. The van der Waals surface area contributed by atoms with Crippen LogP contribution in [-0.2, 0) is 24.0 Å². The molecule has 1 unspecified atom stereocenters. The van der Waals surface area contributed by atoms with Crippen molar-refractivity contribution < 1.29 is 24.0 Å². The molecule has 0 bridgehead atoms. The Balaban J connectivity index is 2.17. The Morgan fingerprint density at radius 1 is 1.00 bits per heavy atom. The lowest BCUT2D eigenvalue weighted by Gasteiger charge is -2.36. The van der Waals surface area contributed by atoms with Gasteiger partial charge in [0, 0.05) is 26.6 Å². The van der Waals surface area contributed by atoms with Crippen LogP contribution in [0.2, 0.25) is 0 Å². The second-order valence-electron chi connectivity index (χ2n) is 11.0. The number of amides is 4. The molecule has 3 atom stereocenters. The van der Waals surface area contributed by atoms with Gasteiger partial charge in [-0.05, 0) is 30.6 Å². The lowest BCUT2D eigenvalue weighted by molar-refractivity contribution is -0.146. The zero-order valence-electron chi connectivity index (χ0n) is 21.1. The number of hydrogen-bond acceptors (Lipinski definition) is 5. The van der Waals surface area contributed by atoms with Crippen LogP contribution < -0.4 is 10.6 Å². The topological polar surface area (TPSA) is 116 Å². The second-order valence-corrected chi connectivity index (χ2v) is 11.0. The Hall–Kier alpha value is -2.45. The quantitative estimate of drug-likeness (QED) is 0.496. The number of carbonyl (C=O) groups is 5. The van der Waals surface area contributed by atoms with Crippen molar-refractivity contribution in [3.8, 4) is 0 Å². The predicted octanol–water partition coefficient (Wildman–Crippen LogP) is 1.11. The molecule has 9 nitrogen and oxygen atoms in total. The molecule has 1 heterocycles. The van der Waals surface area contributed by atoms with Crippen molar-refractivity contribution in [2.75, 3.05) is 20.6 Å². The molecule has 1 aliphatic carbocycles. The SMILES string of the molecule is CC(C)C(=O)N[C@H](C(=O)N1CCC[C@H]1C(=O)NC(CC1CC1)C(=O)C(=O)N(C)C)C(C)(C)C. The van der Waals surface area contributed by atoms with Crippen molar-refractivity contribution in [2.45, 2.75) is 84.8 Å². The van der Waals surface area contributed by atoms with E-state index in [2.05, 4.69) is 10.6 Å². The zero-order chi connectivity index (χ0) is 25.1. The maximum Gasteiger partial charge on any atom is 0.291 e. The number of nitrogens with one attached hydrogen (secondary N) is 2. The molecule has 33 heavy (non-hydrogen) atoms. The van der Waals surface area contributed by atoms with Crippen LogP contribution >= 0.6 is 0 Å². The smallest absolute Gasteiger partial charge is 0.291 e. The maximum atomic E-state index is 13.5. The summed E-state index contributed by atoms with van der Waals surface area (Å²) in [6, 6.07) is -2.40. The van der Waals surface area contributed by atoms with Gasteiger partial charge in [0.05, 0.1) is 6.04 Å². The normalized spacial score (nSPS) is 20.2. The fraction of sp³-hybridized carbons (Fsp3) is 0.792. The van der Waals surface area contributed by atoms with Crippen molar-refractivity contribution in [3.63, 3.8) is 0 Å². The first-order valence-corrected chi connectivity index (χ1v) is 11.9. The number of nitrogens with zero attached hydrogens (tertiary/aromatic N) is 2. The molecular formula is C24H40N4O5. The van der Waals surface area contributed by atoms with E-state index in [1.807, 2.05) is 20.8 Å². The van der Waals surface area contributed by atoms with Crippen molar-refractivity contribution in [2.24, 2.45) is 17.3 Å². The van der Waals surface area contributed by atoms with Gasteiger partial charge in [-0.2, -0.15) is 0 Å². The van der Waals surface area contributed by atoms with E-state index in [1.165, 1.54) is 23.9 Å². The predicted molar refractivity (Wildman–Crippen MR) is 124 cm³/mol. The molecule has 2 aliphatic rings. The largest absolute Gasteiger partial charge is 0.344 e. The Bertz CT molecular complexity index is 782. The third-order valence-electron chi connectivity index (χ3n) is 6.28. The molecule has 9 heteroatoms. The van der Waals surface area contributed by atoms with Crippen LogP contribution in [-0.4, -0.2) is 78.0 Å². The summed E-state index contributed by atoms with van der Waals surface area (Å²) < 4.78 is 0. The number of rotatable bonds is 9. The summed E-state index contributed by atoms with van der Waals surface area (Å²) in [6.07, 6.45) is 3.51. The van der Waals surface area contributed by atoms with E-state index in [0.717, 1.165) is 12.8 Å². The summed E-state index contributed by atoms with van der Waals surface area (Å²) >= 11 is 0. The standard InChI is InChI=1S/C24H40N4O5/c1-14(2)20(30)26-19(24(3,4)5)23(33)28-12-8-9-17(28)21(31)25-16(13-15-10-11-15)18(29)22(32)27(6)7/h14-17,19H,8-13H2,1-7H3,(H,25,31)(H,26,30)/t16?,17-,19+/m0/s1. The summed E-state index contributed by atoms with van der Waals surface area (Å²) in [5, 5.41) is 5.62. The van der Waals surface area contributed by atoms with Crippen LogP contribution in [0, 0.1) is 17.3 Å². The summed E-state index contributed by atoms with van der Waals surface area (Å²) in [4.78, 5) is 66.7. The summed E-state index contributed by atoms with van der Waals surface area (Å²) in [7, 11) is 3.01. The third-order valence-corrected chi connectivity index (χ3v) is 6.28. The summed E-state index contributed by atoms with van der Waals surface area (Å²) in [5.41, 5.74) is -0.548. The fourth-order valence-electron chi connectivity index (χ4n) is 3.98. The van der Waals surface area contributed by atoms with Crippen molar-refractivity contribution in [1.29, 1.82) is 0 Å². The van der Waals surface area contributed by atoms with Gasteiger partial charge in [0.1, 0.15) is 12.1 Å². The minimum atomic E-state index is -0.892. The van der Waals surface area contributed by atoms with Crippen LogP contribution in [0.5, 0.6) is 0 Å². The zero-order valence-corrected chi connectivity index (χ0v) is 21.1. The fourth-order valence-corrected chi connectivity index (χ4v) is 3.98. The molecule has 2 N–H and O–H groups in total. The van der Waals surface area contributed by atoms with Crippen molar-refractivity contribution >= 4 is 29.4 Å². The maximum absolute atomic E-state index is 13.5. The number of ketones is 1. The van der Waals surface area contributed by atoms with Crippen LogP contribution in [0.3, 0.4) is 0 Å². The monoisotopic (exact) mass is 464 g/mol. The molecule has 0 radical (unpaired) electrons. The Morgan fingerprint density at radius 3 is 2.09 bits per heavy atom. The van der Waals surface area contributed by atoms with Gasteiger partial charge in [-0.3, -0.25) is 24.0 Å². The van der Waals surface area contributed by atoms with E-state index in [-0.39, 0.29) is 17.7 Å². The first-order valence-electron chi connectivity index (χ1n) is 11.9. The lowest BCUT2D eigenvalue weighted by Crippen LogP contribution is -2.59. The van der Waals surface area contributed by atoms with Gasteiger partial charge in [-0.1, -0.05) is 47.5 Å². The summed E-state index contributed by atoms with van der Waals surface area (Å²) in [5.74, 6) is -2.17. The molecule has 2 fully saturated rings. The average molecular weight is 465 g/mol. The van der Waals surface area contributed by atoms with Crippen LogP contribution in [0.15, 0.2) is 0 Å². The molecule has 2 rings (SSSR count). The van der Waals surface area contributed by atoms with Crippen LogP contribution in [0.4, 0.5) is 0 Å². The Kier molecular flexibility index (Phi) is 8.65. The van der Waals surface area contributed by atoms with Crippen molar-refractivity contribution in [3.05, 3.63) is 0 Å². The molecule has 0 aromatic carbocycles. The van der Waals surface area contributed by atoms with E-state index in [4.69, 9.17) is 0 Å². The number of carbonyl (C=O) groups excluding carboxylic acids is 5. The van der Waals surface area contributed by atoms with E-state index in [9.17, 15) is 24.0 Å². The number of Topliss-reactive ketones (excluding diaryl/α,β-unsaturated/α-hetero) is 1. The lowest BCUT2D eigenvalue weighted by atomic mass is 9.85. The molecule has 0 aromatic heterocycles. The molecular weight excluding hydrogens is 424 g/mol. The highest BCUT2D eigenvalue weighted by Gasteiger charge is 2.43. The molecule has 0 spiro atoms. The minimum absolute atomic E-state index is 0.222. The Morgan fingerprint density at radius 2 is 1.61 bits per heavy atom. The Labute approximate surface area is 197 Å². The van der Waals surface area contributed by atoms with Gasteiger partial charge in [-0.25, -0.2) is 0 Å². The van der Waals surface area contributed by atoms with E-state index in [1.54, 1.807) is 13.8 Å². The van der Waals surface area contributed by atoms with Gasteiger partial charge in [-0.15, -0.1) is 0 Å². The highest BCUT2D eigenvalue weighted by Crippen LogP contribution is 2.34. The van der Waals surface area contributed by atoms with Crippen LogP contribution in [0.1, 0.15) is 66.7 Å². The van der Waals surface area contributed by atoms with Crippen LogP contribution in [0.25, 0.3) is 0 Å². The number of hydrogen-bond donors (Lipinski definition) is 2. The molecule has 1 saturated carbocycles. The molecule has 0 aromatic rings. The van der Waals surface area contributed by atoms with Gasteiger partial charge in [0.2, 0.25) is 23.5 Å². The van der Waals surface area contributed by atoms with Gasteiger partial charge in [0.25, 0.3) is 5.91 Å². The van der Waals surface area contributed by atoms with E-state index >= 15 is 0 Å². The van der Waals surface area contributed by atoms with Gasteiger partial charge < -0.3 is 20.4 Å². The van der Waals surface area contributed by atoms with Gasteiger partial charge >= 0.3 is 0 Å². The van der Waals surface area contributed by atoms with Crippen molar-refractivity contribution in [1.82, 2.24) is 20.4 Å². The second kappa shape index (κ2) is 10.7.